The van der Waals surface area contributed by atoms with Crippen LogP contribution in [0.4, 0.5) is 5.69 Å². The maximum atomic E-state index is 12.8. The maximum absolute atomic E-state index is 12.8. The van der Waals surface area contributed by atoms with Crippen molar-refractivity contribution in [2.45, 2.75) is 0 Å². The second-order valence-electron chi connectivity index (χ2n) is 6.83. The predicted octanol–water partition coefficient (Wildman–Crippen LogP) is 4.81. The van der Waals surface area contributed by atoms with Crippen LogP contribution in [-0.2, 0) is 0 Å². The number of benzene rings is 3. The lowest BCUT2D eigenvalue weighted by molar-refractivity contribution is 0.102. The van der Waals surface area contributed by atoms with E-state index in [9.17, 15) is 4.79 Å². The van der Waals surface area contributed by atoms with Gasteiger partial charge in [-0.1, -0.05) is 36.4 Å². The van der Waals surface area contributed by atoms with Gasteiger partial charge in [0.15, 0.2) is 0 Å². The predicted molar refractivity (Wildman–Crippen MR) is 110 cm³/mol. The number of anilines is 1. The minimum absolute atomic E-state index is 0.125. The van der Waals surface area contributed by atoms with E-state index in [0.717, 1.165) is 44.7 Å². The number of nitrogens with one attached hydrogen (secondary N) is 1. The smallest absolute Gasteiger partial charge is 0.257 e. The molecule has 6 rings (SSSR count). The van der Waals surface area contributed by atoms with Gasteiger partial charge >= 0.3 is 0 Å². The van der Waals surface area contributed by atoms with Crippen molar-refractivity contribution in [3.63, 3.8) is 0 Å². The van der Waals surface area contributed by atoms with E-state index >= 15 is 0 Å². The van der Waals surface area contributed by atoms with E-state index in [1.165, 1.54) is 0 Å². The van der Waals surface area contributed by atoms with Gasteiger partial charge in [0.05, 0.1) is 33.5 Å². The fraction of sp³-hybridized carbons (Fsp3) is 0. The number of aromatic nitrogens is 3. The van der Waals surface area contributed by atoms with Gasteiger partial charge in [0.25, 0.3) is 5.91 Å². The standard InChI is InChI=1S/C23H14N4O/c28-23-16-7-5-10-19-21(16)27(20-11-4-3-9-18(20)26-23)22(25-19)15-12-14-6-1-2-8-17(14)24-13-15/h1-13H,(H,26,28). The van der Waals surface area contributed by atoms with Crippen LogP contribution >= 0.6 is 0 Å². The molecule has 5 nitrogen and oxygen atoms in total. The lowest BCUT2D eigenvalue weighted by Crippen LogP contribution is -2.10. The van der Waals surface area contributed by atoms with Gasteiger partial charge in [0, 0.05) is 17.1 Å². The van der Waals surface area contributed by atoms with Crippen molar-refractivity contribution < 1.29 is 4.79 Å². The molecule has 3 aromatic carbocycles. The fourth-order valence-electron chi connectivity index (χ4n) is 3.90. The zero-order valence-corrected chi connectivity index (χ0v) is 14.8. The molecule has 0 unspecified atom stereocenters. The van der Waals surface area contributed by atoms with E-state index in [1.54, 1.807) is 0 Å². The minimum atomic E-state index is -0.125. The van der Waals surface area contributed by atoms with Gasteiger partial charge in [-0.2, -0.15) is 0 Å². The largest absolute Gasteiger partial charge is 0.320 e. The van der Waals surface area contributed by atoms with Crippen LogP contribution in [0.2, 0.25) is 0 Å². The normalized spacial score (nSPS) is 12.6. The summed E-state index contributed by atoms with van der Waals surface area (Å²) in [4.78, 5) is 22.3. The molecule has 132 valence electrons. The van der Waals surface area contributed by atoms with E-state index < -0.39 is 0 Å². The van der Waals surface area contributed by atoms with Crippen LogP contribution in [0, 0.1) is 0 Å². The van der Waals surface area contributed by atoms with Gasteiger partial charge in [-0.25, -0.2) is 4.98 Å². The monoisotopic (exact) mass is 362 g/mol. The summed E-state index contributed by atoms with van der Waals surface area (Å²) in [5, 5.41) is 4.07. The first kappa shape index (κ1) is 15.1. The Morgan fingerprint density at radius 2 is 1.68 bits per heavy atom. The molecule has 3 heterocycles. The summed E-state index contributed by atoms with van der Waals surface area (Å²) < 4.78 is 2.06. The molecule has 0 radical (unpaired) electrons. The van der Waals surface area contributed by atoms with E-state index in [4.69, 9.17) is 4.98 Å². The van der Waals surface area contributed by atoms with Gasteiger partial charge in [-0.3, -0.25) is 14.3 Å². The minimum Gasteiger partial charge on any atom is -0.320 e. The number of para-hydroxylation sites is 4. The average Bonchev–Trinajstić information content (AvgIpc) is 3.07. The van der Waals surface area contributed by atoms with E-state index in [0.29, 0.717) is 5.56 Å². The van der Waals surface area contributed by atoms with Crippen molar-refractivity contribution in [2.24, 2.45) is 0 Å². The molecule has 0 spiro atoms. The molecule has 0 saturated heterocycles. The Morgan fingerprint density at radius 1 is 0.857 bits per heavy atom. The summed E-state index contributed by atoms with van der Waals surface area (Å²) in [5.41, 5.74) is 5.72. The van der Waals surface area contributed by atoms with Crippen LogP contribution in [-0.4, -0.2) is 20.4 Å². The van der Waals surface area contributed by atoms with Crippen molar-refractivity contribution in [2.75, 3.05) is 5.32 Å². The first-order valence-electron chi connectivity index (χ1n) is 9.07. The van der Waals surface area contributed by atoms with Gasteiger partial charge in [0.2, 0.25) is 0 Å². The lowest BCUT2D eigenvalue weighted by Gasteiger charge is -2.12. The Balaban J connectivity index is 1.75. The van der Waals surface area contributed by atoms with Crippen LogP contribution in [0.5, 0.6) is 0 Å². The summed E-state index contributed by atoms with van der Waals surface area (Å²) in [6.45, 7) is 0. The molecular weight excluding hydrogens is 348 g/mol. The van der Waals surface area contributed by atoms with Crippen molar-refractivity contribution in [1.82, 2.24) is 14.5 Å². The molecule has 1 amide bonds. The molecule has 1 aliphatic heterocycles. The number of nitrogens with zero attached hydrogens (tertiary/aromatic N) is 3. The van der Waals surface area contributed by atoms with Crippen LogP contribution in [0.3, 0.4) is 0 Å². The molecule has 0 fully saturated rings. The Kier molecular flexibility index (Phi) is 2.97. The zero-order chi connectivity index (χ0) is 18.7. The third-order valence-electron chi connectivity index (χ3n) is 5.16. The van der Waals surface area contributed by atoms with E-state index in [1.807, 2.05) is 72.9 Å². The van der Waals surface area contributed by atoms with Gasteiger partial charge in [-0.05, 0) is 36.4 Å². The van der Waals surface area contributed by atoms with E-state index in [2.05, 4.69) is 20.9 Å². The highest BCUT2D eigenvalue weighted by Crippen LogP contribution is 2.36. The number of carbonyl (C=O) groups is 1. The van der Waals surface area contributed by atoms with Crippen molar-refractivity contribution in [3.05, 3.63) is 84.6 Å². The van der Waals surface area contributed by atoms with Crippen LogP contribution in [0.15, 0.2) is 79.0 Å². The van der Waals surface area contributed by atoms with Gasteiger partial charge < -0.3 is 5.32 Å². The average molecular weight is 362 g/mol. The van der Waals surface area contributed by atoms with Crippen LogP contribution in [0.25, 0.3) is 39.0 Å². The topological polar surface area (TPSA) is 59.8 Å². The molecule has 28 heavy (non-hydrogen) atoms. The summed E-state index contributed by atoms with van der Waals surface area (Å²) in [6.07, 6.45) is 1.84. The first-order valence-corrected chi connectivity index (χ1v) is 9.07. The third-order valence-corrected chi connectivity index (χ3v) is 5.16. The quantitative estimate of drug-likeness (QED) is 0.466. The summed E-state index contributed by atoms with van der Waals surface area (Å²) >= 11 is 0. The molecule has 5 heteroatoms. The Hall–Kier alpha value is -3.99. The molecular formula is C23H14N4O. The van der Waals surface area contributed by atoms with Crippen molar-refractivity contribution in [3.8, 4) is 17.1 Å². The molecule has 0 saturated carbocycles. The number of hydrogen-bond donors (Lipinski definition) is 1. The Morgan fingerprint density at radius 3 is 2.64 bits per heavy atom. The number of hydrogen-bond acceptors (Lipinski definition) is 3. The molecule has 0 atom stereocenters. The molecule has 5 aromatic rings. The Bertz CT molecular complexity index is 1420. The van der Waals surface area contributed by atoms with Crippen molar-refractivity contribution >= 4 is 33.5 Å². The number of pyridine rings is 1. The molecule has 1 N–H and O–H groups in total. The fourth-order valence-corrected chi connectivity index (χ4v) is 3.90. The summed E-state index contributed by atoms with van der Waals surface area (Å²) in [6, 6.07) is 23.5. The number of rotatable bonds is 1. The second kappa shape index (κ2) is 5.50. The SMILES string of the molecule is O=C1Nc2ccccc2-n2c(-c3cnc4ccccc4c3)nc3cccc1c32. The van der Waals surface area contributed by atoms with Crippen molar-refractivity contribution in [1.29, 1.82) is 0 Å². The number of carbonyl (C=O) groups excluding carboxylic acids is 1. The summed E-state index contributed by atoms with van der Waals surface area (Å²) in [7, 11) is 0. The highest BCUT2D eigenvalue weighted by molar-refractivity contribution is 6.14. The second-order valence-corrected chi connectivity index (χ2v) is 6.83. The van der Waals surface area contributed by atoms with E-state index in [-0.39, 0.29) is 5.91 Å². The molecule has 0 aliphatic carbocycles. The third kappa shape index (κ3) is 2.04. The molecule has 0 bridgehead atoms. The maximum Gasteiger partial charge on any atom is 0.257 e. The number of imidazole rings is 1. The molecule has 2 aromatic heterocycles. The zero-order valence-electron chi connectivity index (χ0n) is 14.8. The first-order chi connectivity index (χ1) is 13.8. The lowest BCUT2D eigenvalue weighted by atomic mass is 10.1. The van der Waals surface area contributed by atoms with Gasteiger partial charge in [-0.15, -0.1) is 0 Å². The van der Waals surface area contributed by atoms with Crippen LogP contribution < -0.4 is 5.32 Å². The number of fused-ring (bicyclic) bond motifs is 3. The summed E-state index contributed by atoms with van der Waals surface area (Å²) in [5.74, 6) is 0.643. The van der Waals surface area contributed by atoms with Crippen LogP contribution in [0.1, 0.15) is 10.4 Å². The van der Waals surface area contributed by atoms with Gasteiger partial charge in [0.1, 0.15) is 5.82 Å². The number of amides is 1. The highest BCUT2D eigenvalue weighted by Gasteiger charge is 2.25. The molecule has 1 aliphatic rings. The Labute approximate surface area is 160 Å². The highest BCUT2D eigenvalue weighted by atomic mass is 16.1.